The third kappa shape index (κ3) is 7.91. The summed E-state index contributed by atoms with van der Waals surface area (Å²) < 4.78 is 39.4. The molecule has 1 radical (unpaired) electrons. The highest BCUT2D eigenvalue weighted by molar-refractivity contribution is 5.07. The molecule has 0 aromatic heterocycles. The Labute approximate surface area is 186 Å². The normalized spacial score (nSPS) is 36.3. The SMILES string of the molecule is C(COCC1CO1)C[C](C(CCCOCC1CO1)COCC1CO1)C1CCC2OC2C1. The highest BCUT2D eigenvalue weighted by Crippen LogP contribution is 2.46. The Morgan fingerprint density at radius 3 is 2.06 bits per heavy atom. The van der Waals surface area contributed by atoms with Gasteiger partial charge in [0.25, 0.3) is 0 Å². The molecule has 7 atom stereocenters. The summed E-state index contributed by atoms with van der Waals surface area (Å²) in [5.41, 5.74) is 0. The van der Waals surface area contributed by atoms with Gasteiger partial charge in [0.1, 0.15) is 18.3 Å². The number of ether oxygens (including phenoxy) is 7. The summed E-state index contributed by atoms with van der Waals surface area (Å²) >= 11 is 0. The van der Waals surface area contributed by atoms with Gasteiger partial charge in [-0.2, -0.15) is 0 Å². The number of hydrogen-bond acceptors (Lipinski definition) is 7. The van der Waals surface area contributed by atoms with Crippen molar-refractivity contribution in [3.05, 3.63) is 5.92 Å². The lowest BCUT2D eigenvalue weighted by molar-refractivity contribution is 0.0672. The van der Waals surface area contributed by atoms with Crippen LogP contribution in [0.2, 0.25) is 0 Å². The minimum absolute atomic E-state index is 0.319. The van der Waals surface area contributed by atoms with E-state index in [-0.39, 0.29) is 0 Å². The molecule has 0 spiro atoms. The molecule has 4 saturated heterocycles. The van der Waals surface area contributed by atoms with Crippen molar-refractivity contribution < 1.29 is 33.2 Å². The fourth-order valence-electron chi connectivity index (χ4n) is 4.93. The lowest BCUT2D eigenvalue weighted by atomic mass is 9.71. The zero-order valence-electron chi connectivity index (χ0n) is 18.7. The van der Waals surface area contributed by atoms with Crippen LogP contribution in [0.4, 0.5) is 0 Å². The average molecular weight is 440 g/mol. The number of epoxide rings is 4. The van der Waals surface area contributed by atoms with Crippen LogP contribution in [0, 0.1) is 17.8 Å². The Morgan fingerprint density at radius 1 is 0.774 bits per heavy atom. The summed E-state index contributed by atoms with van der Waals surface area (Å²) in [7, 11) is 0. The molecule has 0 aromatic rings. The molecule has 5 rings (SSSR count). The van der Waals surface area contributed by atoms with Gasteiger partial charge in [-0.25, -0.2) is 0 Å². The maximum absolute atomic E-state index is 6.12. The Bertz CT molecular complexity index is 534. The first-order chi connectivity index (χ1) is 15.3. The van der Waals surface area contributed by atoms with Crippen molar-refractivity contribution in [2.45, 2.75) is 75.5 Å². The minimum atomic E-state index is 0.319. The second kappa shape index (κ2) is 11.2. The molecule has 7 heteroatoms. The van der Waals surface area contributed by atoms with E-state index in [1.165, 1.54) is 19.3 Å². The van der Waals surface area contributed by atoms with Gasteiger partial charge in [-0.15, -0.1) is 0 Å². The average Bonchev–Trinajstić information content (AvgIpc) is 3.62. The van der Waals surface area contributed by atoms with E-state index in [0.29, 0.717) is 42.4 Å². The molecule has 0 N–H and O–H groups in total. The lowest BCUT2D eigenvalue weighted by Crippen LogP contribution is -2.30. The van der Waals surface area contributed by atoms with Crippen molar-refractivity contribution in [3.8, 4) is 0 Å². The van der Waals surface area contributed by atoms with Crippen LogP contribution < -0.4 is 0 Å². The zero-order valence-corrected chi connectivity index (χ0v) is 18.7. The number of hydrogen-bond donors (Lipinski definition) is 0. The third-order valence-electron chi connectivity index (χ3n) is 7.09. The molecule has 4 heterocycles. The zero-order chi connectivity index (χ0) is 20.9. The van der Waals surface area contributed by atoms with E-state index < -0.39 is 0 Å². The van der Waals surface area contributed by atoms with Crippen LogP contribution in [0.3, 0.4) is 0 Å². The van der Waals surface area contributed by atoms with Gasteiger partial charge in [-0.1, -0.05) is 0 Å². The molecule has 4 aliphatic heterocycles. The van der Waals surface area contributed by atoms with Crippen molar-refractivity contribution in [3.63, 3.8) is 0 Å². The fraction of sp³-hybridized carbons (Fsp3) is 0.958. The Morgan fingerprint density at radius 2 is 1.42 bits per heavy atom. The van der Waals surface area contributed by atoms with Gasteiger partial charge in [0, 0.05) is 13.2 Å². The maximum atomic E-state index is 6.12. The second-order valence-electron chi connectivity index (χ2n) is 9.79. The van der Waals surface area contributed by atoms with Crippen molar-refractivity contribution in [1.82, 2.24) is 0 Å². The Kier molecular flexibility index (Phi) is 8.15. The molecule has 0 bridgehead atoms. The van der Waals surface area contributed by atoms with E-state index in [4.69, 9.17) is 33.2 Å². The van der Waals surface area contributed by atoms with Crippen LogP contribution >= 0.6 is 0 Å². The highest BCUT2D eigenvalue weighted by atomic mass is 16.6. The van der Waals surface area contributed by atoms with Crippen molar-refractivity contribution >= 4 is 0 Å². The predicted molar refractivity (Wildman–Crippen MR) is 113 cm³/mol. The fourth-order valence-corrected chi connectivity index (χ4v) is 4.93. The third-order valence-corrected chi connectivity index (χ3v) is 7.09. The standard InChI is InChI=1S/C24H39O7/c1(7-25-11-19-14-28-19)3-18(10-27-13-21-16-30-21)22(4-2-8-26-12-20-15-29-20)17-5-6-23-24(9-17)31-23/h17-21,23-24H,1-16H2. The lowest BCUT2D eigenvalue weighted by Gasteiger charge is -2.35. The first-order valence-electron chi connectivity index (χ1n) is 12.4. The topological polar surface area (TPSA) is 77.8 Å². The molecule has 7 unspecified atom stereocenters. The van der Waals surface area contributed by atoms with Gasteiger partial charge in [0.05, 0.1) is 58.5 Å². The quantitative estimate of drug-likeness (QED) is 0.240. The molecule has 7 nitrogen and oxygen atoms in total. The summed E-state index contributed by atoms with van der Waals surface area (Å²) in [6.45, 7) is 7.19. The van der Waals surface area contributed by atoms with Crippen LogP contribution in [-0.4, -0.2) is 90.0 Å². The van der Waals surface area contributed by atoms with E-state index in [9.17, 15) is 0 Å². The molecule has 0 aromatic carbocycles. The van der Waals surface area contributed by atoms with Crippen LogP contribution in [0.25, 0.3) is 0 Å². The van der Waals surface area contributed by atoms with Crippen LogP contribution in [-0.2, 0) is 33.2 Å². The summed E-state index contributed by atoms with van der Waals surface area (Å²) in [6.07, 6.45) is 10.1. The van der Waals surface area contributed by atoms with E-state index in [1.807, 2.05) is 0 Å². The smallest absolute Gasteiger partial charge is 0.104 e. The van der Waals surface area contributed by atoms with E-state index in [1.54, 1.807) is 5.92 Å². The Balaban J connectivity index is 1.11. The van der Waals surface area contributed by atoms with Crippen molar-refractivity contribution in [2.75, 3.05) is 59.5 Å². The highest BCUT2D eigenvalue weighted by Gasteiger charge is 2.46. The van der Waals surface area contributed by atoms with E-state index in [2.05, 4.69) is 0 Å². The number of rotatable bonds is 18. The first kappa shape index (κ1) is 22.5. The van der Waals surface area contributed by atoms with Gasteiger partial charge in [0.15, 0.2) is 0 Å². The summed E-state index contributed by atoms with van der Waals surface area (Å²) in [6, 6.07) is 0. The van der Waals surface area contributed by atoms with E-state index in [0.717, 1.165) is 85.1 Å². The van der Waals surface area contributed by atoms with Crippen molar-refractivity contribution in [1.29, 1.82) is 0 Å². The molecule has 5 aliphatic rings. The van der Waals surface area contributed by atoms with Gasteiger partial charge in [-0.3, -0.25) is 0 Å². The maximum Gasteiger partial charge on any atom is 0.104 e. The molecule has 0 amide bonds. The van der Waals surface area contributed by atoms with E-state index >= 15 is 0 Å². The Hall–Kier alpha value is -0.280. The van der Waals surface area contributed by atoms with Gasteiger partial charge in [0.2, 0.25) is 0 Å². The molecule has 1 saturated carbocycles. The molecule has 1 aliphatic carbocycles. The van der Waals surface area contributed by atoms with Crippen LogP contribution in [0.15, 0.2) is 0 Å². The summed E-state index contributed by atoms with van der Waals surface area (Å²) in [5, 5.41) is 0. The summed E-state index contributed by atoms with van der Waals surface area (Å²) in [4.78, 5) is 0. The first-order valence-corrected chi connectivity index (χ1v) is 12.4. The van der Waals surface area contributed by atoms with Crippen LogP contribution in [0.5, 0.6) is 0 Å². The van der Waals surface area contributed by atoms with Gasteiger partial charge < -0.3 is 33.2 Å². The predicted octanol–water partition coefficient (Wildman–Crippen LogP) is 2.55. The van der Waals surface area contributed by atoms with Crippen LogP contribution in [0.1, 0.15) is 44.9 Å². The second-order valence-corrected chi connectivity index (χ2v) is 9.79. The molecule has 31 heavy (non-hydrogen) atoms. The molecular weight excluding hydrogens is 400 g/mol. The monoisotopic (exact) mass is 439 g/mol. The largest absolute Gasteiger partial charge is 0.379 e. The van der Waals surface area contributed by atoms with Gasteiger partial charge >= 0.3 is 0 Å². The molecule has 5 fully saturated rings. The summed E-state index contributed by atoms with van der Waals surface area (Å²) in [5.74, 6) is 2.82. The van der Waals surface area contributed by atoms with Gasteiger partial charge in [-0.05, 0) is 62.7 Å². The minimum Gasteiger partial charge on any atom is -0.379 e. The number of fused-ring (bicyclic) bond motifs is 1. The molecular formula is C24H39O7. The van der Waals surface area contributed by atoms with Crippen molar-refractivity contribution in [2.24, 2.45) is 11.8 Å². The molecule has 177 valence electrons.